The average molecular weight is 456 g/mol. The number of amides is 1. The highest BCUT2D eigenvalue weighted by Crippen LogP contribution is 2.48. The van der Waals surface area contributed by atoms with Crippen LogP contribution in [0.25, 0.3) is 0 Å². The van der Waals surface area contributed by atoms with Gasteiger partial charge in [0.05, 0.1) is 10.3 Å². The van der Waals surface area contributed by atoms with Gasteiger partial charge in [-0.1, -0.05) is 9.07 Å². The van der Waals surface area contributed by atoms with Crippen LogP contribution in [-0.2, 0) is 19.3 Å². The molecule has 1 atom stereocenters. The predicted molar refractivity (Wildman–Crippen MR) is 125 cm³/mol. The number of hydrogen-bond donors (Lipinski definition) is 2. The lowest BCUT2D eigenvalue weighted by atomic mass is 9.92. The van der Waals surface area contributed by atoms with Gasteiger partial charge < -0.3 is 10.5 Å². The summed E-state index contributed by atoms with van der Waals surface area (Å²) in [4.78, 5) is 17.8. The quantitative estimate of drug-likeness (QED) is 0.413. The molecule has 31 heavy (non-hydrogen) atoms. The maximum Gasteiger partial charge on any atom is 0.436 e. The number of nitrogens with one attached hydrogen (secondary N) is 1. The van der Waals surface area contributed by atoms with E-state index in [0.717, 1.165) is 5.01 Å². The van der Waals surface area contributed by atoms with Crippen LogP contribution in [0.15, 0.2) is 28.3 Å². The minimum absolute atomic E-state index is 0.0603. The molecule has 0 spiro atoms. The van der Waals surface area contributed by atoms with Crippen molar-refractivity contribution in [2.24, 2.45) is 10.1 Å². The monoisotopic (exact) mass is 455 g/mol. The molecular formula is C21H34FN5O3S. The van der Waals surface area contributed by atoms with Crippen LogP contribution in [0.5, 0.6) is 0 Å². The summed E-state index contributed by atoms with van der Waals surface area (Å²) in [7, 11) is -3.57. The molecule has 0 fully saturated rings. The van der Waals surface area contributed by atoms with Crippen LogP contribution in [0, 0.1) is 5.82 Å². The van der Waals surface area contributed by atoms with E-state index in [4.69, 9.17) is 15.5 Å². The molecule has 0 saturated heterocycles. The molecule has 1 aliphatic rings. The summed E-state index contributed by atoms with van der Waals surface area (Å²) in [5.41, 5.74) is 6.88. The fraction of sp³-hybridized carbons (Fsp3) is 0.571. The maximum absolute atomic E-state index is 14.9. The average Bonchev–Trinajstić information content (AvgIpc) is 2.56. The minimum Gasteiger partial charge on any atom is -0.442 e. The first-order valence-electron chi connectivity index (χ1n) is 9.82. The number of benzene rings is 1. The third kappa shape index (κ3) is 4.58. The van der Waals surface area contributed by atoms with Gasteiger partial charge in [-0.3, -0.25) is 9.20 Å². The van der Waals surface area contributed by atoms with Crippen LogP contribution in [0.3, 0.4) is 0 Å². The molecule has 1 amide bonds. The molecule has 2 rings (SSSR count). The van der Waals surface area contributed by atoms with Crippen molar-refractivity contribution < 1.29 is 18.1 Å². The molecule has 1 aromatic carbocycles. The fourth-order valence-corrected chi connectivity index (χ4v) is 6.57. The van der Waals surface area contributed by atoms with Crippen LogP contribution >= 0.6 is 0 Å². The lowest BCUT2D eigenvalue weighted by Gasteiger charge is -2.56. The van der Waals surface area contributed by atoms with E-state index >= 15 is 0 Å². The number of anilines is 1. The molecule has 3 N–H and O–H groups in total. The number of aliphatic imine (C=N–C) groups is 1. The Bertz CT molecular complexity index is 1010. The Morgan fingerprint density at radius 3 is 2.45 bits per heavy atom. The summed E-state index contributed by atoms with van der Waals surface area (Å²) in [5.74, 6) is -0.363. The standard InChI is InChI=1S/C21H34FN5O3S/c1-19(2,3)30-18(28)27(26-24-7)17-20(4,5)31(8,9,29)13-21(6,25-17)15-12-14(23)10-11-16(15)22/h10-12,26H,7,13,23H2,1-6,8-9H3/t21-/m0/s1. The van der Waals surface area contributed by atoms with Crippen molar-refractivity contribution >= 4 is 33.4 Å². The molecule has 0 unspecified atom stereocenters. The topological polar surface area (TPSA) is 109 Å². The Morgan fingerprint density at radius 2 is 1.94 bits per heavy atom. The summed E-state index contributed by atoms with van der Waals surface area (Å²) in [5, 5.41) is 4.60. The molecule has 8 nitrogen and oxygen atoms in total. The second-order valence-corrected chi connectivity index (χ2v) is 15.7. The summed E-state index contributed by atoms with van der Waals surface area (Å²) in [6, 6.07) is 4.18. The molecule has 0 aromatic heterocycles. The van der Waals surface area contributed by atoms with Gasteiger partial charge in [0.1, 0.15) is 17.3 Å². The first-order chi connectivity index (χ1) is 13.8. The fourth-order valence-electron chi connectivity index (χ4n) is 3.65. The van der Waals surface area contributed by atoms with E-state index in [2.05, 4.69) is 17.4 Å². The highest BCUT2D eigenvalue weighted by molar-refractivity contribution is 8.20. The van der Waals surface area contributed by atoms with Gasteiger partial charge in [0.15, 0.2) is 0 Å². The third-order valence-electron chi connectivity index (χ3n) is 5.71. The van der Waals surface area contributed by atoms with Gasteiger partial charge in [0, 0.05) is 23.7 Å². The van der Waals surface area contributed by atoms with Crippen molar-refractivity contribution in [1.29, 1.82) is 0 Å². The van der Waals surface area contributed by atoms with Gasteiger partial charge >= 0.3 is 6.09 Å². The summed E-state index contributed by atoms with van der Waals surface area (Å²) < 4.78 is 33.6. The Balaban J connectivity index is 2.82. The smallest absolute Gasteiger partial charge is 0.436 e. The van der Waals surface area contributed by atoms with E-state index < -0.39 is 36.9 Å². The van der Waals surface area contributed by atoms with E-state index in [-0.39, 0.29) is 17.2 Å². The highest BCUT2D eigenvalue weighted by Gasteiger charge is 2.58. The molecule has 0 radical (unpaired) electrons. The number of hydrogen-bond acceptors (Lipinski definition) is 7. The Hall–Kier alpha value is -2.49. The van der Waals surface area contributed by atoms with Crippen molar-refractivity contribution in [2.75, 3.05) is 24.0 Å². The van der Waals surface area contributed by atoms with E-state index in [1.807, 2.05) is 0 Å². The molecule has 0 bridgehead atoms. The van der Waals surface area contributed by atoms with Crippen molar-refractivity contribution in [1.82, 2.24) is 10.5 Å². The van der Waals surface area contributed by atoms with Gasteiger partial charge in [-0.15, -0.1) is 0 Å². The van der Waals surface area contributed by atoms with Crippen molar-refractivity contribution in [3.8, 4) is 0 Å². The molecular weight excluding hydrogens is 421 g/mol. The Morgan fingerprint density at radius 1 is 1.35 bits per heavy atom. The van der Waals surface area contributed by atoms with Crippen molar-refractivity contribution in [2.45, 2.75) is 57.4 Å². The summed E-state index contributed by atoms with van der Waals surface area (Å²) >= 11 is 0. The zero-order valence-corrected chi connectivity index (χ0v) is 20.4. The second-order valence-electron chi connectivity index (χ2n) is 10.2. The van der Waals surface area contributed by atoms with E-state index in [1.165, 1.54) is 18.2 Å². The number of nitrogen functional groups attached to an aromatic ring is 1. The van der Waals surface area contributed by atoms with Gasteiger partial charge in [-0.2, -0.15) is 10.1 Å². The highest BCUT2D eigenvalue weighted by atomic mass is 32.3. The van der Waals surface area contributed by atoms with Gasteiger partial charge in [-0.05, 0) is 72.3 Å². The van der Waals surface area contributed by atoms with Crippen LogP contribution in [-0.4, -0.2) is 56.5 Å². The van der Waals surface area contributed by atoms with Gasteiger partial charge in [-0.25, -0.2) is 14.7 Å². The van der Waals surface area contributed by atoms with Crippen LogP contribution in [0.2, 0.25) is 0 Å². The molecule has 10 heteroatoms. The largest absolute Gasteiger partial charge is 0.442 e. The molecule has 0 aliphatic carbocycles. The van der Waals surface area contributed by atoms with Crippen LogP contribution < -0.4 is 11.3 Å². The first kappa shape index (κ1) is 24.8. The number of hydrazone groups is 1. The van der Waals surface area contributed by atoms with E-state index in [1.54, 1.807) is 54.1 Å². The zero-order valence-electron chi connectivity index (χ0n) is 19.6. The van der Waals surface area contributed by atoms with Crippen molar-refractivity contribution in [3.05, 3.63) is 29.6 Å². The van der Waals surface area contributed by atoms with Crippen LogP contribution in [0.4, 0.5) is 14.9 Å². The lowest BCUT2D eigenvalue weighted by Crippen LogP contribution is -2.69. The van der Waals surface area contributed by atoms with E-state index in [9.17, 15) is 13.4 Å². The number of amidine groups is 1. The lowest BCUT2D eigenvalue weighted by molar-refractivity contribution is 0.0290. The minimum atomic E-state index is -3.57. The Labute approximate surface area is 183 Å². The number of rotatable bonds is 3. The first-order valence-corrected chi connectivity index (χ1v) is 12.8. The number of nitrogens with two attached hydrogens (primary N) is 1. The number of ether oxygens (including phenoxy) is 1. The number of carbonyl (C=O) groups excluding carboxylic acids is 1. The number of halogens is 1. The van der Waals surface area contributed by atoms with E-state index in [0.29, 0.717) is 5.69 Å². The molecule has 174 valence electrons. The van der Waals surface area contributed by atoms with Crippen molar-refractivity contribution in [3.63, 3.8) is 0 Å². The normalized spacial score (nSPS) is 25.3. The van der Waals surface area contributed by atoms with Gasteiger partial charge in [0.2, 0.25) is 0 Å². The van der Waals surface area contributed by atoms with Crippen LogP contribution in [0.1, 0.15) is 47.1 Å². The predicted octanol–water partition coefficient (Wildman–Crippen LogP) is 3.25. The summed E-state index contributed by atoms with van der Waals surface area (Å²) in [6.07, 6.45) is 2.48. The molecule has 1 aliphatic heterocycles. The second kappa shape index (κ2) is 7.29. The summed E-state index contributed by atoms with van der Waals surface area (Å²) in [6.45, 7) is 13.7. The third-order valence-corrected chi connectivity index (χ3v) is 10.5. The maximum atomic E-state index is 14.9. The van der Waals surface area contributed by atoms with Gasteiger partial charge in [0.25, 0.3) is 0 Å². The molecule has 1 aromatic rings. The number of hydrazine groups is 1. The SMILES string of the molecule is C=NNN(C(=O)OC(C)(C)C)C1=N[C@](C)(c2cc(N)ccc2F)CS(C)(C)(=O)C1(C)C. The Kier molecular flexibility index (Phi) is 5.82. The number of nitrogens with zero attached hydrogens (tertiary/aromatic N) is 3. The molecule has 0 saturated carbocycles. The zero-order chi connectivity index (χ0) is 24.1. The number of carbonyl (C=O) groups is 1. The molecule has 1 heterocycles.